The molecule has 2 aliphatic carbocycles. The second-order valence-corrected chi connectivity index (χ2v) is 13.3. The first-order valence-electron chi connectivity index (χ1n) is 15.6. The van der Waals surface area contributed by atoms with Gasteiger partial charge in [-0.15, -0.1) is 0 Å². The van der Waals surface area contributed by atoms with Gasteiger partial charge >= 0.3 is 6.18 Å². The van der Waals surface area contributed by atoms with E-state index in [0.29, 0.717) is 28.6 Å². The minimum absolute atomic E-state index is 0.0395. The number of hydrogen-bond donors (Lipinski definition) is 1. The smallest absolute Gasteiger partial charge is 0.433 e. The largest absolute Gasteiger partial charge is 0.508 e. The van der Waals surface area contributed by atoms with Crippen LogP contribution in [0.5, 0.6) is 11.5 Å². The van der Waals surface area contributed by atoms with E-state index in [1.165, 1.54) is 20.2 Å². The third-order valence-electron chi connectivity index (χ3n) is 10.5. The molecule has 2 aromatic carbocycles. The summed E-state index contributed by atoms with van der Waals surface area (Å²) in [5.41, 5.74) is -1.34. The SMILES string of the molecule is COc1ccc(O)c([C@H]2C3=CC[C@@H]4C(=O)N(N(C)c5nc(C(F)(F)F)ccc5Cl)C(=O)[C@@H]4[C@@H]3C[C@H]3C(=O)N(c4ccccc4)C(=O)[C@@]23C)c1. The summed E-state index contributed by atoms with van der Waals surface area (Å²) in [6.45, 7) is 1.69. The van der Waals surface area contributed by atoms with Gasteiger partial charge in [0.15, 0.2) is 5.82 Å². The van der Waals surface area contributed by atoms with Gasteiger partial charge in [-0.3, -0.25) is 24.2 Å². The van der Waals surface area contributed by atoms with E-state index in [0.717, 1.165) is 21.0 Å². The van der Waals surface area contributed by atoms with Crippen LogP contribution < -0.4 is 14.6 Å². The molecule has 3 aromatic rings. The predicted octanol–water partition coefficient (Wildman–Crippen LogP) is 5.75. The zero-order valence-electron chi connectivity index (χ0n) is 26.4. The summed E-state index contributed by atoms with van der Waals surface area (Å²) in [4.78, 5) is 61.8. The molecule has 7 rings (SSSR count). The number of methoxy groups -OCH3 is 1. The van der Waals surface area contributed by atoms with Gasteiger partial charge in [-0.05, 0) is 68.1 Å². The average Bonchev–Trinajstić information content (AvgIpc) is 3.44. The highest BCUT2D eigenvalue weighted by Crippen LogP contribution is 2.64. The highest BCUT2D eigenvalue weighted by molar-refractivity contribution is 6.33. The van der Waals surface area contributed by atoms with Crippen molar-refractivity contribution in [2.75, 3.05) is 24.1 Å². The number of para-hydroxylation sites is 1. The molecule has 14 heteroatoms. The summed E-state index contributed by atoms with van der Waals surface area (Å²) < 4.78 is 46.1. The van der Waals surface area contributed by atoms with Gasteiger partial charge < -0.3 is 9.84 Å². The molecule has 1 N–H and O–H groups in total. The number of hydrazine groups is 1. The van der Waals surface area contributed by atoms with Gasteiger partial charge in [0.2, 0.25) is 11.8 Å². The fraction of sp³-hybridized carbons (Fsp3) is 0.343. The maximum atomic E-state index is 14.5. The van der Waals surface area contributed by atoms with Crippen LogP contribution in [0.4, 0.5) is 24.7 Å². The summed E-state index contributed by atoms with van der Waals surface area (Å²) in [5, 5.41) is 12.7. The number of carbonyl (C=O) groups is 4. The molecule has 6 atom stereocenters. The summed E-state index contributed by atoms with van der Waals surface area (Å²) in [7, 11) is 2.69. The van der Waals surface area contributed by atoms with Gasteiger partial charge in [0, 0.05) is 18.5 Å². The van der Waals surface area contributed by atoms with Crippen molar-refractivity contribution >= 4 is 46.7 Å². The highest BCUT2D eigenvalue weighted by atomic mass is 35.5. The van der Waals surface area contributed by atoms with Crippen LogP contribution in [0.15, 0.2) is 72.3 Å². The molecule has 4 aliphatic rings. The third-order valence-corrected chi connectivity index (χ3v) is 10.8. The third kappa shape index (κ3) is 4.72. The summed E-state index contributed by atoms with van der Waals surface area (Å²) in [6.07, 6.45) is -2.90. The van der Waals surface area contributed by atoms with Crippen LogP contribution in [-0.4, -0.2) is 52.9 Å². The number of phenolic OH excluding ortho intramolecular Hbond substituents is 1. The summed E-state index contributed by atoms with van der Waals surface area (Å²) in [5.74, 6) is -7.00. The molecule has 3 fully saturated rings. The zero-order chi connectivity index (χ0) is 35.2. The Balaban J connectivity index is 1.34. The number of ether oxygens (including phenoxy) is 1. The molecule has 2 saturated heterocycles. The van der Waals surface area contributed by atoms with Crippen molar-refractivity contribution in [2.45, 2.75) is 31.9 Å². The number of halogens is 4. The number of hydrogen-bond acceptors (Lipinski definition) is 8. The number of pyridine rings is 1. The van der Waals surface area contributed by atoms with Crippen molar-refractivity contribution in [3.63, 3.8) is 0 Å². The Morgan fingerprint density at radius 2 is 1.71 bits per heavy atom. The number of imide groups is 2. The highest BCUT2D eigenvalue weighted by Gasteiger charge is 2.68. The number of fused-ring (bicyclic) bond motifs is 4. The van der Waals surface area contributed by atoms with E-state index in [-0.39, 0.29) is 23.6 Å². The minimum atomic E-state index is -4.81. The van der Waals surface area contributed by atoms with Crippen LogP contribution in [0.2, 0.25) is 5.02 Å². The van der Waals surface area contributed by atoms with E-state index in [1.54, 1.807) is 55.5 Å². The van der Waals surface area contributed by atoms with E-state index in [1.807, 2.05) is 0 Å². The van der Waals surface area contributed by atoms with Gasteiger partial charge in [0.05, 0.1) is 41.0 Å². The molecule has 0 unspecified atom stereocenters. The lowest BCUT2D eigenvalue weighted by Crippen LogP contribution is -2.49. The Kier molecular flexibility index (Phi) is 7.54. The molecule has 0 bridgehead atoms. The molecule has 254 valence electrons. The van der Waals surface area contributed by atoms with E-state index >= 15 is 0 Å². The average molecular weight is 695 g/mol. The lowest BCUT2D eigenvalue weighted by Gasteiger charge is -2.49. The van der Waals surface area contributed by atoms with Crippen molar-refractivity contribution in [3.8, 4) is 11.5 Å². The van der Waals surface area contributed by atoms with Crippen LogP contribution in [0.25, 0.3) is 0 Å². The van der Waals surface area contributed by atoms with E-state index in [9.17, 15) is 37.5 Å². The first-order chi connectivity index (χ1) is 23.2. The number of allylic oxidation sites excluding steroid dienone is 2. The quantitative estimate of drug-likeness (QED) is 0.265. The number of alkyl halides is 3. The molecular weight excluding hydrogens is 665 g/mol. The van der Waals surface area contributed by atoms with E-state index in [2.05, 4.69) is 4.98 Å². The van der Waals surface area contributed by atoms with Crippen molar-refractivity contribution in [3.05, 3.63) is 88.6 Å². The van der Waals surface area contributed by atoms with Crippen LogP contribution in [0.1, 0.15) is 36.9 Å². The van der Waals surface area contributed by atoms with E-state index in [4.69, 9.17) is 16.3 Å². The normalized spacial score (nSPS) is 27.9. The first-order valence-corrected chi connectivity index (χ1v) is 15.9. The van der Waals surface area contributed by atoms with Crippen LogP contribution >= 0.6 is 11.6 Å². The van der Waals surface area contributed by atoms with Crippen molar-refractivity contribution in [2.24, 2.45) is 29.1 Å². The Bertz CT molecular complexity index is 1950. The topological polar surface area (TPSA) is 120 Å². The fourth-order valence-corrected chi connectivity index (χ4v) is 8.49. The lowest BCUT2D eigenvalue weighted by atomic mass is 9.51. The van der Waals surface area contributed by atoms with Gasteiger partial charge in [-0.1, -0.05) is 41.4 Å². The second kappa shape index (κ2) is 11.3. The van der Waals surface area contributed by atoms with Crippen LogP contribution in [0, 0.1) is 29.1 Å². The molecule has 1 aromatic heterocycles. The standard InChI is InChI=1S/C35H30ClF3N4O6/c1-34-23(31(46)42(33(34)48)17-7-5-4-6-8-17)16-21-19(28(34)22-15-18(49-3)9-13-25(22)44)10-11-20-27(21)32(47)43(30(20)45)41(2)29-24(36)12-14-26(40-29)35(37,38)39/h4-10,12-15,20-21,23,27-28,44H,11,16H2,1-3H3/t20-,21+,23-,27-,28+,34+/m0/s1. The predicted molar refractivity (Wildman–Crippen MR) is 170 cm³/mol. The number of amides is 4. The molecule has 3 heterocycles. The summed E-state index contributed by atoms with van der Waals surface area (Å²) in [6, 6.07) is 14.8. The van der Waals surface area contributed by atoms with Crippen molar-refractivity contribution in [1.29, 1.82) is 0 Å². The molecule has 49 heavy (non-hydrogen) atoms. The number of carbonyl (C=O) groups excluding carboxylic acids is 4. The monoisotopic (exact) mass is 694 g/mol. The maximum Gasteiger partial charge on any atom is 0.433 e. The first kappa shape index (κ1) is 32.6. The number of rotatable bonds is 5. The summed E-state index contributed by atoms with van der Waals surface area (Å²) >= 11 is 6.24. The molecule has 10 nitrogen and oxygen atoms in total. The van der Waals surface area contributed by atoms with Gasteiger partial charge in [-0.2, -0.15) is 18.2 Å². The molecule has 0 radical (unpaired) electrons. The Hall–Kier alpha value is -4.91. The van der Waals surface area contributed by atoms with Crippen LogP contribution in [-0.2, 0) is 25.4 Å². The number of aromatic nitrogens is 1. The molecule has 2 aliphatic heterocycles. The fourth-order valence-electron chi connectivity index (χ4n) is 8.26. The Morgan fingerprint density at radius 3 is 2.39 bits per heavy atom. The maximum absolute atomic E-state index is 14.5. The van der Waals surface area contributed by atoms with Crippen LogP contribution in [0.3, 0.4) is 0 Å². The number of phenols is 1. The number of benzene rings is 2. The number of anilines is 2. The lowest BCUT2D eigenvalue weighted by molar-refractivity contribution is -0.141. The van der Waals surface area contributed by atoms with Crippen molar-refractivity contribution < 1.29 is 42.2 Å². The molecule has 1 saturated carbocycles. The molecule has 4 amide bonds. The van der Waals surface area contributed by atoms with Crippen molar-refractivity contribution in [1.82, 2.24) is 9.99 Å². The number of aromatic hydroxyl groups is 1. The van der Waals surface area contributed by atoms with Gasteiger partial charge in [-0.25, -0.2) is 9.88 Å². The number of nitrogens with zero attached hydrogens (tertiary/aromatic N) is 4. The Labute approximate surface area is 283 Å². The minimum Gasteiger partial charge on any atom is -0.508 e. The second-order valence-electron chi connectivity index (χ2n) is 12.9. The molecule has 0 spiro atoms. The van der Waals surface area contributed by atoms with E-state index < -0.39 is 76.3 Å². The Morgan fingerprint density at radius 1 is 1.00 bits per heavy atom. The molecular formula is C35H30ClF3N4O6. The zero-order valence-corrected chi connectivity index (χ0v) is 27.2. The van der Waals surface area contributed by atoms with Gasteiger partial charge in [0.1, 0.15) is 17.2 Å². The van der Waals surface area contributed by atoms with Gasteiger partial charge in [0.25, 0.3) is 11.8 Å².